The van der Waals surface area contributed by atoms with Crippen molar-refractivity contribution in [1.82, 2.24) is 0 Å². The Bertz CT molecular complexity index is 309. The highest BCUT2D eigenvalue weighted by atomic mass is 16.5. The maximum absolute atomic E-state index is 8.96. The van der Waals surface area contributed by atoms with Crippen LogP contribution in [-0.4, -0.2) is 31.0 Å². The van der Waals surface area contributed by atoms with Crippen LogP contribution in [0, 0.1) is 0 Å². The topological polar surface area (TPSA) is 64.7 Å². The van der Waals surface area contributed by atoms with Crippen LogP contribution in [0.15, 0.2) is 24.3 Å². The van der Waals surface area contributed by atoms with Crippen LogP contribution in [0.5, 0.6) is 11.5 Å². The average molecular weight is 225 g/mol. The van der Waals surface area contributed by atoms with E-state index in [9.17, 15) is 0 Å². The highest BCUT2D eigenvalue weighted by Crippen LogP contribution is 2.17. The van der Waals surface area contributed by atoms with Crippen LogP contribution in [0.25, 0.3) is 0 Å². The molecule has 0 aliphatic heterocycles. The first-order chi connectivity index (χ1) is 7.57. The molecule has 0 heterocycles. The van der Waals surface area contributed by atoms with E-state index < -0.39 is 5.54 Å². The predicted molar refractivity (Wildman–Crippen MR) is 62.8 cm³/mol. The summed E-state index contributed by atoms with van der Waals surface area (Å²) in [7, 11) is 1.62. The summed E-state index contributed by atoms with van der Waals surface area (Å²) in [5.41, 5.74) is 5.20. The van der Waals surface area contributed by atoms with E-state index in [2.05, 4.69) is 0 Å². The second kappa shape index (κ2) is 5.72. The van der Waals surface area contributed by atoms with Gasteiger partial charge in [-0.3, -0.25) is 0 Å². The lowest BCUT2D eigenvalue weighted by molar-refractivity contribution is 0.175. The van der Waals surface area contributed by atoms with Crippen LogP contribution in [0.1, 0.15) is 13.3 Å². The van der Waals surface area contributed by atoms with Crippen molar-refractivity contribution in [2.24, 2.45) is 5.73 Å². The molecule has 1 aromatic carbocycles. The molecule has 16 heavy (non-hydrogen) atoms. The summed E-state index contributed by atoms with van der Waals surface area (Å²) in [6.45, 7) is 2.24. The van der Waals surface area contributed by atoms with Gasteiger partial charge in [0, 0.05) is 12.0 Å². The molecule has 3 N–H and O–H groups in total. The number of aliphatic hydroxyl groups excluding tert-OH is 1. The van der Waals surface area contributed by atoms with Crippen LogP contribution in [0.2, 0.25) is 0 Å². The molecule has 0 amide bonds. The van der Waals surface area contributed by atoms with Gasteiger partial charge in [0.25, 0.3) is 0 Å². The van der Waals surface area contributed by atoms with Gasteiger partial charge in [0.15, 0.2) is 0 Å². The summed E-state index contributed by atoms with van der Waals surface area (Å²) < 4.78 is 10.5. The minimum Gasteiger partial charge on any atom is -0.497 e. The molecule has 1 aromatic rings. The first-order valence-electron chi connectivity index (χ1n) is 5.24. The Morgan fingerprint density at radius 1 is 1.25 bits per heavy atom. The molecule has 0 saturated carbocycles. The molecule has 0 aromatic heterocycles. The van der Waals surface area contributed by atoms with Crippen LogP contribution in [-0.2, 0) is 0 Å². The molecule has 4 heteroatoms. The highest BCUT2D eigenvalue weighted by molar-refractivity contribution is 5.31. The Morgan fingerprint density at radius 2 is 1.81 bits per heavy atom. The number of aliphatic hydroxyl groups is 1. The highest BCUT2D eigenvalue weighted by Gasteiger charge is 2.16. The summed E-state index contributed by atoms with van der Waals surface area (Å²) in [6.07, 6.45) is 0.607. The fourth-order valence-electron chi connectivity index (χ4n) is 1.15. The first kappa shape index (κ1) is 12.8. The van der Waals surface area contributed by atoms with Gasteiger partial charge >= 0.3 is 0 Å². The van der Waals surface area contributed by atoms with Crippen molar-refractivity contribution in [2.45, 2.75) is 18.9 Å². The van der Waals surface area contributed by atoms with Crippen molar-refractivity contribution in [1.29, 1.82) is 0 Å². The summed E-state index contributed by atoms with van der Waals surface area (Å²) in [4.78, 5) is 0. The lowest BCUT2D eigenvalue weighted by Gasteiger charge is -2.21. The number of benzene rings is 1. The van der Waals surface area contributed by atoms with E-state index in [0.717, 1.165) is 11.5 Å². The summed E-state index contributed by atoms with van der Waals surface area (Å²) in [5.74, 6) is 1.57. The third-order valence-electron chi connectivity index (χ3n) is 2.36. The minimum atomic E-state index is -0.577. The first-order valence-corrected chi connectivity index (χ1v) is 5.24. The molecule has 4 nitrogen and oxygen atoms in total. The molecule has 0 bridgehead atoms. The van der Waals surface area contributed by atoms with Crippen molar-refractivity contribution in [3.05, 3.63) is 24.3 Å². The summed E-state index contributed by atoms with van der Waals surface area (Å²) in [5, 5.41) is 8.96. The summed E-state index contributed by atoms with van der Waals surface area (Å²) >= 11 is 0. The van der Waals surface area contributed by atoms with Gasteiger partial charge in [-0.15, -0.1) is 0 Å². The van der Waals surface area contributed by atoms with Crippen LogP contribution in [0.4, 0.5) is 0 Å². The molecule has 0 aliphatic carbocycles. The Hall–Kier alpha value is -1.26. The molecule has 90 valence electrons. The third kappa shape index (κ3) is 4.08. The lowest BCUT2D eigenvalue weighted by atomic mass is 10.0. The zero-order chi connectivity index (χ0) is 12.0. The van der Waals surface area contributed by atoms with Crippen molar-refractivity contribution in [3.8, 4) is 11.5 Å². The fraction of sp³-hybridized carbons (Fsp3) is 0.500. The van der Waals surface area contributed by atoms with E-state index >= 15 is 0 Å². The number of methoxy groups -OCH3 is 1. The largest absolute Gasteiger partial charge is 0.497 e. The van der Waals surface area contributed by atoms with Gasteiger partial charge in [0.2, 0.25) is 0 Å². The molecule has 1 rings (SSSR count). The van der Waals surface area contributed by atoms with E-state index in [0.29, 0.717) is 13.0 Å². The zero-order valence-corrected chi connectivity index (χ0v) is 9.77. The van der Waals surface area contributed by atoms with E-state index in [4.69, 9.17) is 20.3 Å². The fourth-order valence-corrected chi connectivity index (χ4v) is 1.15. The van der Waals surface area contributed by atoms with Crippen LogP contribution in [0.3, 0.4) is 0 Å². The maximum atomic E-state index is 8.96. The van der Waals surface area contributed by atoms with Gasteiger partial charge in [-0.2, -0.15) is 0 Å². The van der Waals surface area contributed by atoms with Crippen molar-refractivity contribution < 1.29 is 14.6 Å². The van der Waals surface area contributed by atoms with Gasteiger partial charge in [-0.05, 0) is 31.2 Å². The van der Waals surface area contributed by atoms with Gasteiger partial charge in [0.05, 0.1) is 20.3 Å². The summed E-state index contributed by atoms with van der Waals surface area (Å²) in [6, 6.07) is 7.35. The Labute approximate surface area is 96.0 Å². The lowest BCUT2D eigenvalue weighted by Crippen LogP contribution is -2.41. The Kier molecular flexibility index (Phi) is 4.58. The third-order valence-corrected chi connectivity index (χ3v) is 2.36. The normalized spacial score (nSPS) is 14.2. The molecular weight excluding hydrogens is 206 g/mol. The zero-order valence-electron chi connectivity index (χ0n) is 9.77. The number of rotatable bonds is 6. The van der Waals surface area contributed by atoms with Gasteiger partial charge in [0.1, 0.15) is 11.5 Å². The molecule has 0 aliphatic rings. The van der Waals surface area contributed by atoms with E-state index in [1.165, 1.54) is 0 Å². The van der Waals surface area contributed by atoms with E-state index in [1.54, 1.807) is 14.0 Å². The van der Waals surface area contributed by atoms with Crippen molar-refractivity contribution in [3.63, 3.8) is 0 Å². The SMILES string of the molecule is COc1ccc(OCCC(C)(N)CO)cc1. The Morgan fingerprint density at radius 3 is 2.31 bits per heavy atom. The van der Waals surface area contributed by atoms with E-state index in [1.807, 2.05) is 24.3 Å². The molecule has 0 fully saturated rings. The Balaban J connectivity index is 2.37. The molecular formula is C12H19NO3. The predicted octanol–water partition coefficient (Wildman–Crippen LogP) is 1.17. The van der Waals surface area contributed by atoms with Gasteiger partial charge in [-0.25, -0.2) is 0 Å². The monoisotopic (exact) mass is 225 g/mol. The standard InChI is InChI=1S/C12H19NO3/c1-12(13,9-14)7-8-16-11-5-3-10(15-2)4-6-11/h3-6,14H,7-9,13H2,1-2H3. The minimum absolute atomic E-state index is 0.0427. The van der Waals surface area contributed by atoms with E-state index in [-0.39, 0.29) is 6.61 Å². The quantitative estimate of drug-likeness (QED) is 0.763. The van der Waals surface area contributed by atoms with Gasteiger partial charge < -0.3 is 20.3 Å². The molecule has 1 unspecified atom stereocenters. The second-order valence-electron chi connectivity index (χ2n) is 4.09. The van der Waals surface area contributed by atoms with Crippen LogP contribution < -0.4 is 15.2 Å². The number of hydrogen-bond donors (Lipinski definition) is 2. The van der Waals surface area contributed by atoms with Crippen LogP contribution >= 0.6 is 0 Å². The van der Waals surface area contributed by atoms with Crippen molar-refractivity contribution >= 4 is 0 Å². The van der Waals surface area contributed by atoms with Crippen molar-refractivity contribution in [2.75, 3.05) is 20.3 Å². The molecule has 1 atom stereocenters. The smallest absolute Gasteiger partial charge is 0.119 e. The number of nitrogens with two attached hydrogens (primary N) is 1. The molecule has 0 saturated heterocycles. The number of ether oxygens (including phenoxy) is 2. The second-order valence-corrected chi connectivity index (χ2v) is 4.09. The van der Waals surface area contributed by atoms with Gasteiger partial charge in [-0.1, -0.05) is 0 Å². The average Bonchev–Trinajstić information content (AvgIpc) is 2.30. The number of hydrogen-bond acceptors (Lipinski definition) is 4. The molecule has 0 spiro atoms. The molecule has 0 radical (unpaired) electrons. The maximum Gasteiger partial charge on any atom is 0.119 e.